The summed E-state index contributed by atoms with van der Waals surface area (Å²) in [6, 6.07) is 6.86. The van der Waals surface area contributed by atoms with Crippen LogP contribution >= 0.6 is 0 Å². The maximum Gasteiger partial charge on any atom is 0.304 e. The van der Waals surface area contributed by atoms with Crippen LogP contribution in [0.1, 0.15) is 12.0 Å². The van der Waals surface area contributed by atoms with Crippen molar-refractivity contribution in [3.8, 4) is 0 Å². The van der Waals surface area contributed by atoms with E-state index in [1.54, 1.807) is 18.2 Å². The molecule has 1 aromatic carbocycles. The van der Waals surface area contributed by atoms with Crippen molar-refractivity contribution in [2.24, 2.45) is 0 Å². The molecule has 0 heterocycles. The van der Waals surface area contributed by atoms with E-state index in [1.165, 1.54) is 0 Å². The third-order valence-corrected chi connectivity index (χ3v) is 3.16. The molecule has 0 fully saturated rings. The summed E-state index contributed by atoms with van der Waals surface area (Å²) in [5.41, 5.74) is 1.38. The molecule has 0 unspecified atom stereocenters. The van der Waals surface area contributed by atoms with Crippen molar-refractivity contribution >= 4 is 21.7 Å². The lowest BCUT2D eigenvalue weighted by atomic mass is 10.2. The Hall–Kier alpha value is -1.56. The Bertz CT molecular complexity index is 481. The van der Waals surface area contributed by atoms with Gasteiger partial charge in [-0.2, -0.15) is 0 Å². The second kappa shape index (κ2) is 4.98. The molecule has 0 saturated carbocycles. The summed E-state index contributed by atoms with van der Waals surface area (Å²) in [6.07, 6.45) is -0.402. The first-order valence-electron chi connectivity index (χ1n) is 4.68. The molecule has 0 aromatic heterocycles. The minimum Gasteiger partial charge on any atom is -0.481 e. The third-order valence-electron chi connectivity index (χ3n) is 1.88. The van der Waals surface area contributed by atoms with Crippen LogP contribution in [0, 0.1) is 6.92 Å². The number of nitrogens with one attached hydrogen (secondary N) is 1. The number of hydrogen-bond acceptors (Lipinski definition) is 3. The SMILES string of the molecule is Cc1cccc(NS(=O)(=O)CCC(=O)O)c1. The molecule has 0 bridgehead atoms. The number of carboxylic acid groups (broad SMARTS) is 1. The van der Waals surface area contributed by atoms with Gasteiger partial charge >= 0.3 is 5.97 Å². The maximum absolute atomic E-state index is 11.4. The van der Waals surface area contributed by atoms with Crippen LogP contribution in [0.2, 0.25) is 0 Å². The van der Waals surface area contributed by atoms with E-state index in [2.05, 4.69) is 4.72 Å². The number of carbonyl (C=O) groups is 1. The molecule has 16 heavy (non-hydrogen) atoms. The minimum absolute atomic E-state index is 0.402. The van der Waals surface area contributed by atoms with Crippen LogP contribution in [0.25, 0.3) is 0 Å². The van der Waals surface area contributed by atoms with Crippen molar-refractivity contribution in [3.05, 3.63) is 29.8 Å². The zero-order chi connectivity index (χ0) is 12.2. The molecule has 1 aromatic rings. The Kier molecular flexibility index (Phi) is 3.89. The van der Waals surface area contributed by atoms with Crippen molar-refractivity contribution in [2.45, 2.75) is 13.3 Å². The average molecular weight is 243 g/mol. The smallest absolute Gasteiger partial charge is 0.304 e. The molecular weight excluding hydrogens is 230 g/mol. The first-order chi connectivity index (χ1) is 7.39. The largest absolute Gasteiger partial charge is 0.481 e. The van der Waals surface area contributed by atoms with Gasteiger partial charge in [0.1, 0.15) is 0 Å². The second-order valence-electron chi connectivity index (χ2n) is 3.43. The maximum atomic E-state index is 11.4. The van der Waals surface area contributed by atoms with Crippen LogP contribution in [0.15, 0.2) is 24.3 Å². The fourth-order valence-corrected chi connectivity index (χ4v) is 2.19. The van der Waals surface area contributed by atoms with Crippen LogP contribution in [-0.4, -0.2) is 25.2 Å². The van der Waals surface area contributed by atoms with Gasteiger partial charge in [0.2, 0.25) is 10.0 Å². The Morgan fingerprint density at radius 1 is 1.44 bits per heavy atom. The Morgan fingerprint density at radius 2 is 2.12 bits per heavy atom. The lowest BCUT2D eigenvalue weighted by Gasteiger charge is -2.07. The summed E-state index contributed by atoms with van der Waals surface area (Å²) in [4.78, 5) is 10.3. The fraction of sp³-hybridized carbons (Fsp3) is 0.300. The highest BCUT2D eigenvalue weighted by Crippen LogP contribution is 2.11. The highest BCUT2D eigenvalue weighted by atomic mass is 32.2. The highest BCUT2D eigenvalue weighted by Gasteiger charge is 2.12. The molecule has 0 spiro atoms. The van der Waals surface area contributed by atoms with Crippen LogP contribution in [0.5, 0.6) is 0 Å². The molecule has 5 nitrogen and oxygen atoms in total. The van der Waals surface area contributed by atoms with Crippen molar-refractivity contribution < 1.29 is 18.3 Å². The molecule has 0 amide bonds. The first kappa shape index (κ1) is 12.5. The average Bonchev–Trinajstić information content (AvgIpc) is 2.14. The van der Waals surface area contributed by atoms with E-state index >= 15 is 0 Å². The fourth-order valence-electron chi connectivity index (χ4n) is 1.16. The van der Waals surface area contributed by atoms with E-state index in [0.717, 1.165) is 5.56 Å². The Morgan fingerprint density at radius 3 is 2.69 bits per heavy atom. The third kappa shape index (κ3) is 4.31. The van der Waals surface area contributed by atoms with Crippen molar-refractivity contribution in [1.82, 2.24) is 0 Å². The second-order valence-corrected chi connectivity index (χ2v) is 5.28. The molecule has 0 saturated heterocycles. The standard InChI is InChI=1S/C10H13NO4S/c1-8-3-2-4-9(7-8)11-16(14,15)6-5-10(12)13/h2-4,7,11H,5-6H2,1H3,(H,12,13). The van der Waals surface area contributed by atoms with Crippen molar-refractivity contribution in [2.75, 3.05) is 10.5 Å². The van der Waals surface area contributed by atoms with E-state index in [-0.39, 0.29) is 0 Å². The summed E-state index contributed by atoms with van der Waals surface area (Å²) in [6.45, 7) is 1.84. The monoisotopic (exact) mass is 243 g/mol. The van der Waals surface area contributed by atoms with Gasteiger partial charge in [-0.3, -0.25) is 9.52 Å². The van der Waals surface area contributed by atoms with Gasteiger partial charge in [-0.15, -0.1) is 0 Å². The van der Waals surface area contributed by atoms with Gasteiger partial charge in [-0.1, -0.05) is 12.1 Å². The first-order valence-corrected chi connectivity index (χ1v) is 6.33. The molecule has 2 N–H and O–H groups in total. The number of rotatable bonds is 5. The van der Waals surface area contributed by atoms with E-state index in [4.69, 9.17) is 5.11 Å². The number of sulfonamides is 1. The Labute approximate surface area is 94.2 Å². The van der Waals surface area contributed by atoms with Gasteiger partial charge in [-0.25, -0.2) is 8.42 Å². The number of carboxylic acids is 1. The van der Waals surface area contributed by atoms with E-state index < -0.39 is 28.2 Å². The van der Waals surface area contributed by atoms with E-state index in [9.17, 15) is 13.2 Å². The van der Waals surface area contributed by atoms with Crippen LogP contribution in [0.3, 0.4) is 0 Å². The summed E-state index contributed by atoms with van der Waals surface area (Å²) in [7, 11) is -3.58. The van der Waals surface area contributed by atoms with Gasteiger partial charge in [0.15, 0.2) is 0 Å². The number of benzene rings is 1. The molecule has 0 aliphatic carbocycles. The number of aryl methyl sites for hydroxylation is 1. The lowest BCUT2D eigenvalue weighted by molar-refractivity contribution is -0.136. The predicted octanol–water partition coefficient (Wildman–Crippen LogP) is 1.21. The van der Waals surface area contributed by atoms with Crippen molar-refractivity contribution in [1.29, 1.82) is 0 Å². The topological polar surface area (TPSA) is 83.5 Å². The summed E-state index contributed by atoms with van der Waals surface area (Å²) in [5.74, 6) is -1.55. The van der Waals surface area contributed by atoms with Gasteiger partial charge in [0, 0.05) is 5.69 Å². The summed E-state index contributed by atoms with van der Waals surface area (Å²) < 4.78 is 25.2. The molecule has 0 radical (unpaired) electrons. The number of aliphatic carboxylic acids is 1. The minimum atomic E-state index is -3.58. The van der Waals surface area contributed by atoms with Crippen LogP contribution in [-0.2, 0) is 14.8 Å². The van der Waals surface area contributed by atoms with Crippen LogP contribution in [0.4, 0.5) is 5.69 Å². The molecule has 88 valence electrons. The van der Waals surface area contributed by atoms with E-state index in [0.29, 0.717) is 5.69 Å². The lowest BCUT2D eigenvalue weighted by Crippen LogP contribution is -2.18. The van der Waals surface area contributed by atoms with Gasteiger partial charge in [-0.05, 0) is 24.6 Å². The number of anilines is 1. The zero-order valence-electron chi connectivity index (χ0n) is 8.80. The van der Waals surface area contributed by atoms with Gasteiger partial charge in [0.25, 0.3) is 0 Å². The molecule has 1 rings (SSSR count). The summed E-state index contributed by atoms with van der Waals surface area (Å²) >= 11 is 0. The van der Waals surface area contributed by atoms with Gasteiger partial charge in [0.05, 0.1) is 12.2 Å². The molecule has 0 aliphatic rings. The zero-order valence-corrected chi connectivity index (χ0v) is 9.62. The molecule has 0 aliphatic heterocycles. The normalized spacial score (nSPS) is 11.1. The quantitative estimate of drug-likeness (QED) is 0.814. The van der Waals surface area contributed by atoms with Crippen LogP contribution < -0.4 is 4.72 Å². The molecule has 0 atom stereocenters. The highest BCUT2D eigenvalue weighted by molar-refractivity contribution is 7.92. The number of hydrogen-bond donors (Lipinski definition) is 2. The van der Waals surface area contributed by atoms with Crippen molar-refractivity contribution in [3.63, 3.8) is 0 Å². The molecule has 6 heteroatoms. The van der Waals surface area contributed by atoms with E-state index in [1.807, 2.05) is 13.0 Å². The predicted molar refractivity (Wildman–Crippen MR) is 60.8 cm³/mol. The molecular formula is C10H13NO4S. The van der Waals surface area contributed by atoms with Gasteiger partial charge < -0.3 is 5.11 Å². The summed E-state index contributed by atoms with van der Waals surface area (Å²) in [5, 5.41) is 8.39. The Balaban J connectivity index is 2.69.